The van der Waals surface area contributed by atoms with Gasteiger partial charge < -0.3 is 4.74 Å². The number of carbonyl (C=O) groups excluding carboxylic acids is 1. The van der Waals surface area contributed by atoms with E-state index >= 15 is 0 Å². The van der Waals surface area contributed by atoms with Gasteiger partial charge in [0.25, 0.3) is 0 Å². The number of rotatable bonds is 6. The summed E-state index contributed by atoms with van der Waals surface area (Å²) in [4.78, 5) is 10.9. The van der Waals surface area contributed by atoms with E-state index in [0.29, 0.717) is 6.07 Å². The highest BCUT2D eigenvalue weighted by atomic mass is 32.2. The van der Waals surface area contributed by atoms with Crippen LogP contribution in [0.2, 0.25) is 0 Å². The average molecular weight is 351 g/mol. The van der Waals surface area contributed by atoms with Gasteiger partial charge in [-0.3, -0.25) is 4.79 Å². The number of nitrogens with one attached hydrogen (secondary N) is 1. The van der Waals surface area contributed by atoms with Crippen molar-refractivity contribution in [2.45, 2.75) is 36.4 Å². The molecule has 23 heavy (non-hydrogen) atoms. The molecular weight excluding hydrogens is 335 g/mol. The second kappa shape index (κ2) is 6.48. The standard InChI is InChI=1S/C14H16F3NO4S/c1-22-13(19)8-12(9-5-6-9)18-23(20,21)11-4-2-3-10(7-11)14(15,16)17/h2-4,7,9,12,18H,5-6,8H2,1H3/t12-/m0/s1. The molecule has 1 saturated carbocycles. The topological polar surface area (TPSA) is 72.5 Å². The molecule has 0 aliphatic heterocycles. The first-order valence-electron chi connectivity index (χ1n) is 6.90. The Hall–Kier alpha value is -1.61. The second-order valence-electron chi connectivity index (χ2n) is 5.37. The largest absolute Gasteiger partial charge is 0.469 e. The third-order valence-electron chi connectivity index (χ3n) is 3.58. The minimum atomic E-state index is -4.63. The minimum Gasteiger partial charge on any atom is -0.469 e. The van der Waals surface area contributed by atoms with Crippen LogP contribution in [0.3, 0.4) is 0 Å². The van der Waals surface area contributed by atoms with Crippen molar-refractivity contribution >= 4 is 16.0 Å². The highest BCUT2D eigenvalue weighted by Gasteiger charge is 2.37. The minimum absolute atomic E-state index is 0.00493. The SMILES string of the molecule is COC(=O)C[C@H](NS(=O)(=O)c1cccc(C(F)(F)F)c1)C1CC1. The van der Waals surface area contributed by atoms with Crippen molar-refractivity contribution in [3.05, 3.63) is 29.8 Å². The van der Waals surface area contributed by atoms with Gasteiger partial charge in [-0.05, 0) is 37.0 Å². The van der Waals surface area contributed by atoms with Gasteiger partial charge in [-0.2, -0.15) is 13.2 Å². The molecule has 9 heteroatoms. The number of carbonyl (C=O) groups is 1. The second-order valence-corrected chi connectivity index (χ2v) is 7.09. The summed E-state index contributed by atoms with van der Waals surface area (Å²) in [6, 6.07) is 2.81. The summed E-state index contributed by atoms with van der Waals surface area (Å²) in [5, 5.41) is 0. The first kappa shape index (κ1) is 17.7. The lowest BCUT2D eigenvalue weighted by molar-refractivity contribution is -0.141. The molecule has 1 aliphatic rings. The summed E-state index contributed by atoms with van der Waals surface area (Å²) in [5.41, 5.74) is -1.05. The molecule has 0 spiro atoms. The van der Waals surface area contributed by atoms with E-state index < -0.39 is 38.7 Å². The zero-order valence-electron chi connectivity index (χ0n) is 12.3. The van der Waals surface area contributed by atoms with E-state index in [1.54, 1.807) is 0 Å². The number of hydrogen-bond donors (Lipinski definition) is 1. The third-order valence-corrected chi connectivity index (χ3v) is 5.07. The van der Waals surface area contributed by atoms with Gasteiger partial charge in [0.15, 0.2) is 0 Å². The van der Waals surface area contributed by atoms with E-state index in [9.17, 15) is 26.4 Å². The monoisotopic (exact) mass is 351 g/mol. The van der Waals surface area contributed by atoms with Crippen LogP contribution in [0.1, 0.15) is 24.8 Å². The summed E-state index contributed by atoms with van der Waals surface area (Å²) in [6.07, 6.45) is -3.27. The van der Waals surface area contributed by atoms with Crippen molar-refractivity contribution in [1.82, 2.24) is 4.72 Å². The zero-order valence-corrected chi connectivity index (χ0v) is 13.1. The van der Waals surface area contributed by atoms with Crippen molar-refractivity contribution in [3.8, 4) is 0 Å². The van der Waals surface area contributed by atoms with Crippen molar-refractivity contribution in [3.63, 3.8) is 0 Å². The normalized spacial score (nSPS) is 16.9. The summed E-state index contributed by atoms with van der Waals surface area (Å²) in [5.74, 6) is -0.580. The maximum absolute atomic E-state index is 12.7. The fourth-order valence-corrected chi connectivity index (χ4v) is 3.52. The van der Waals surface area contributed by atoms with Crippen LogP contribution in [-0.4, -0.2) is 27.5 Å². The van der Waals surface area contributed by atoms with Crippen molar-refractivity contribution < 1.29 is 31.1 Å². The van der Waals surface area contributed by atoms with Gasteiger partial charge in [0, 0.05) is 6.04 Å². The predicted octanol–water partition coefficient (Wildman–Crippen LogP) is 2.33. The third kappa shape index (κ3) is 4.68. The van der Waals surface area contributed by atoms with Gasteiger partial charge >= 0.3 is 12.1 Å². The molecule has 2 rings (SSSR count). The quantitative estimate of drug-likeness (QED) is 0.799. The first-order valence-corrected chi connectivity index (χ1v) is 8.38. The van der Waals surface area contributed by atoms with Gasteiger partial charge in [-0.1, -0.05) is 6.07 Å². The molecule has 128 valence electrons. The Labute approximate surface area is 131 Å². The summed E-state index contributed by atoms with van der Waals surface area (Å²) in [7, 11) is -2.97. The Kier molecular flexibility index (Phi) is 5.00. The van der Waals surface area contributed by atoms with E-state index in [0.717, 1.165) is 31.0 Å². The van der Waals surface area contributed by atoms with Crippen LogP contribution in [0.25, 0.3) is 0 Å². The van der Waals surface area contributed by atoms with Gasteiger partial charge in [0.2, 0.25) is 10.0 Å². The van der Waals surface area contributed by atoms with Gasteiger partial charge in [0.05, 0.1) is 24.0 Å². The van der Waals surface area contributed by atoms with Crippen LogP contribution in [0.5, 0.6) is 0 Å². The number of halogens is 3. The number of methoxy groups -OCH3 is 1. The van der Waals surface area contributed by atoms with Crippen LogP contribution in [0.15, 0.2) is 29.2 Å². The van der Waals surface area contributed by atoms with Crippen LogP contribution >= 0.6 is 0 Å². The molecule has 0 aromatic heterocycles. The maximum atomic E-state index is 12.7. The number of alkyl halides is 3. The Morgan fingerprint density at radius 1 is 1.39 bits per heavy atom. The molecule has 1 atom stereocenters. The molecule has 1 aromatic carbocycles. The van der Waals surface area contributed by atoms with Crippen LogP contribution < -0.4 is 4.72 Å². The maximum Gasteiger partial charge on any atom is 0.416 e. The van der Waals surface area contributed by atoms with Gasteiger partial charge in [0.1, 0.15) is 0 Å². The number of hydrogen-bond acceptors (Lipinski definition) is 4. The lowest BCUT2D eigenvalue weighted by Crippen LogP contribution is -2.38. The fourth-order valence-electron chi connectivity index (χ4n) is 2.17. The molecule has 1 fully saturated rings. The Morgan fingerprint density at radius 3 is 2.57 bits per heavy atom. The Bertz CT molecular complexity index is 684. The van der Waals surface area contributed by atoms with Crippen molar-refractivity contribution in [2.24, 2.45) is 5.92 Å². The molecule has 1 aliphatic carbocycles. The van der Waals surface area contributed by atoms with Crippen molar-refractivity contribution in [2.75, 3.05) is 7.11 Å². The molecule has 0 unspecified atom stereocenters. The highest BCUT2D eigenvalue weighted by molar-refractivity contribution is 7.89. The molecule has 0 amide bonds. The van der Waals surface area contributed by atoms with Crippen molar-refractivity contribution in [1.29, 1.82) is 0 Å². The van der Waals surface area contributed by atoms with E-state index in [-0.39, 0.29) is 12.3 Å². The summed E-state index contributed by atoms with van der Waals surface area (Å²) >= 11 is 0. The molecule has 1 aromatic rings. The molecule has 0 saturated heterocycles. The molecular formula is C14H16F3NO4S. The van der Waals surface area contributed by atoms with Crippen LogP contribution in [0, 0.1) is 5.92 Å². The molecule has 1 N–H and O–H groups in total. The molecule has 0 heterocycles. The van der Waals surface area contributed by atoms with E-state index in [2.05, 4.69) is 9.46 Å². The fraction of sp³-hybridized carbons (Fsp3) is 0.500. The average Bonchev–Trinajstić information content (AvgIpc) is 3.30. The molecule has 0 radical (unpaired) electrons. The highest BCUT2D eigenvalue weighted by Crippen LogP contribution is 2.35. The predicted molar refractivity (Wildman–Crippen MR) is 74.9 cm³/mol. The molecule has 0 bridgehead atoms. The Morgan fingerprint density at radius 2 is 2.04 bits per heavy atom. The summed E-state index contributed by atoms with van der Waals surface area (Å²) in [6.45, 7) is 0. The lowest BCUT2D eigenvalue weighted by Gasteiger charge is -2.17. The first-order chi connectivity index (χ1) is 10.6. The van der Waals surface area contributed by atoms with E-state index in [1.807, 2.05) is 0 Å². The Balaban J connectivity index is 2.22. The zero-order chi connectivity index (χ0) is 17.3. The molecule has 5 nitrogen and oxygen atoms in total. The lowest BCUT2D eigenvalue weighted by atomic mass is 10.1. The smallest absolute Gasteiger partial charge is 0.416 e. The summed E-state index contributed by atoms with van der Waals surface area (Å²) < 4.78 is 69.5. The van der Waals surface area contributed by atoms with Gasteiger partial charge in [-0.15, -0.1) is 0 Å². The van der Waals surface area contributed by atoms with Crippen LogP contribution in [0.4, 0.5) is 13.2 Å². The van der Waals surface area contributed by atoms with Crippen LogP contribution in [-0.2, 0) is 25.7 Å². The number of benzene rings is 1. The van der Waals surface area contributed by atoms with Gasteiger partial charge in [-0.25, -0.2) is 13.1 Å². The van der Waals surface area contributed by atoms with E-state index in [1.165, 1.54) is 7.11 Å². The number of esters is 1. The number of ether oxygens (including phenoxy) is 1. The number of sulfonamides is 1. The van der Waals surface area contributed by atoms with E-state index in [4.69, 9.17) is 0 Å².